The van der Waals surface area contributed by atoms with Gasteiger partial charge in [-0.1, -0.05) is 66.6 Å². The minimum Gasteiger partial charge on any atom is -0.508 e. The van der Waals surface area contributed by atoms with E-state index in [2.05, 4.69) is 30.2 Å². The highest BCUT2D eigenvalue weighted by atomic mass is 16.5. The van der Waals surface area contributed by atoms with E-state index < -0.39 is 5.41 Å². The molecule has 2 N–H and O–H groups in total. The quantitative estimate of drug-likeness (QED) is 0.242. The molecule has 0 aromatic heterocycles. The molecule has 0 fully saturated rings. The highest BCUT2D eigenvalue weighted by Gasteiger charge is 2.53. The summed E-state index contributed by atoms with van der Waals surface area (Å²) in [5.41, 5.74) is 5.16. The van der Waals surface area contributed by atoms with Crippen molar-refractivity contribution in [3.05, 3.63) is 125 Å². The summed E-state index contributed by atoms with van der Waals surface area (Å²) < 4.78 is 6.63. The first-order valence-electron chi connectivity index (χ1n) is 12.2. The number of terminal acetylenes is 1. The number of hydrogen-bond acceptors (Lipinski definition) is 3. The van der Waals surface area contributed by atoms with E-state index in [0.29, 0.717) is 0 Å². The summed E-state index contributed by atoms with van der Waals surface area (Å²) in [4.78, 5) is 0. The minimum atomic E-state index is -0.777. The van der Waals surface area contributed by atoms with Crippen LogP contribution in [0.15, 0.2) is 103 Å². The maximum Gasteiger partial charge on any atom is 0.132 e. The van der Waals surface area contributed by atoms with E-state index in [1.165, 1.54) is 0 Å². The van der Waals surface area contributed by atoms with Gasteiger partial charge in [0.25, 0.3) is 0 Å². The number of allylic oxidation sites excluding steroid dienone is 4. The van der Waals surface area contributed by atoms with Crippen molar-refractivity contribution in [3.8, 4) is 35.3 Å². The predicted molar refractivity (Wildman–Crippen MR) is 148 cm³/mol. The third kappa shape index (κ3) is 2.67. The van der Waals surface area contributed by atoms with Crippen molar-refractivity contribution in [2.24, 2.45) is 0 Å². The van der Waals surface area contributed by atoms with Gasteiger partial charge in [0.15, 0.2) is 0 Å². The summed E-state index contributed by atoms with van der Waals surface area (Å²) in [5, 5.41) is 24.4. The maximum atomic E-state index is 10.3. The van der Waals surface area contributed by atoms with E-state index in [1.807, 2.05) is 55.5 Å². The van der Waals surface area contributed by atoms with Gasteiger partial charge in [0.2, 0.25) is 0 Å². The summed E-state index contributed by atoms with van der Waals surface area (Å²) in [6, 6.07) is 27.1. The monoisotopic (exact) mass is 478 g/mol. The zero-order valence-electron chi connectivity index (χ0n) is 20.1. The third-order valence-corrected chi connectivity index (χ3v) is 7.65. The Balaban J connectivity index is 1.79. The average Bonchev–Trinajstić information content (AvgIpc) is 3.17. The lowest BCUT2D eigenvalue weighted by Gasteiger charge is -2.41. The first-order valence-corrected chi connectivity index (χ1v) is 12.2. The van der Waals surface area contributed by atoms with Crippen LogP contribution in [0.2, 0.25) is 0 Å². The lowest BCUT2D eigenvalue weighted by atomic mass is 9.63. The molecular weight excluding hydrogens is 456 g/mol. The van der Waals surface area contributed by atoms with Gasteiger partial charge in [0.05, 0.1) is 5.41 Å². The Bertz CT molecular complexity index is 1810. The first kappa shape index (κ1) is 21.4. The van der Waals surface area contributed by atoms with Gasteiger partial charge in [-0.3, -0.25) is 0 Å². The Kier molecular flexibility index (Phi) is 4.34. The van der Waals surface area contributed by atoms with Crippen molar-refractivity contribution in [2.75, 3.05) is 0 Å². The van der Waals surface area contributed by atoms with Crippen LogP contribution in [-0.2, 0) is 5.41 Å². The number of phenolic OH excluding ortho intramolecular Hbond substituents is 2. The van der Waals surface area contributed by atoms with Crippen LogP contribution in [0.1, 0.15) is 29.2 Å². The molecule has 0 amide bonds. The number of fused-ring (bicyclic) bond motifs is 10. The lowest BCUT2D eigenvalue weighted by molar-refractivity contribution is 0.439. The fourth-order valence-electron chi connectivity index (χ4n) is 6.36. The van der Waals surface area contributed by atoms with Crippen LogP contribution in [0.4, 0.5) is 0 Å². The van der Waals surface area contributed by atoms with Crippen molar-refractivity contribution in [1.29, 1.82) is 0 Å². The molecule has 2 aliphatic rings. The standard InChI is InChI=1S/C34H22O3/c1-3-7-28-24(4-2)27-8-5-6-9-29(27)34(28)32-25-14-12-22(35)18-20(25)10-16-30(32)37-31-17-11-21-19-23(36)13-15-26(21)33(31)34/h2-3,5-19,35-36H,1H3/b7-3-. The van der Waals surface area contributed by atoms with Crippen LogP contribution in [0, 0.1) is 12.3 Å². The number of phenols is 2. The summed E-state index contributed by atoms with van der Waals surface area (Å²) in [5.74, 6) is 4.92. The van der Waals surface area contributed by atoms with E-state index in [1.54, 1.807) is 24.3 Å². The molecule has 7 rings (SSSR count). The average molecular weight is 479 g/mol. The molecule has 0 unspecified atom stereocenters. The predicted octanol–water partition coefficient (Wildman–Crippen LogP) is 7.82. The Labute approximate surface area is 214 Å². The zero-order chi connectivity index (χ0) is 25.3. The maximum absolute atomic E-state index is 10.3. The Morgan fingerprint density at radius 3 is 1.95 bits per heavy atom. The lowest BCUT2D eigenvalue weighted by Crippen LogP contribution is -2.33. The normalized spacial score (nSPS) is 15.0. The fourth-order valence-corrected chi connectivity index (χ4v) is 6.36. The van der Waals surface area contributed by atoms with E-state index in [4.69, 9.17) is 11.2 Å². The van der Waals surface area contributed by atoms with Crippen molar-refractivity contribution in [2.45, 2.75) is 12.3 Å². The molecule has 1 aliphatic carbocycles. The molecule has 1 heterocycles. The molecule has 5 aromatic carbocycles. The van der Waals surface area contributed by atoms with Crippen LogP contribution in [0.25, 0.3) is 27.1 Å². The summed E-state index contributed by atoms with van der Waals surface area (Å²) in [7, 11) is 0. The molecule has 1 aliphatic heterocycles. The van der Waals surface area contributed by atoms with Crippen LogP contribution in [0.5, 0.6) is 23.0 Å². The summed E-state index contributed by atoms with van der Waals surface area (Å²) in [6.07, 6.45) is 10.4. The van der Waals surface area contributed by atoms with Crippen molar-refractivity contribution < 1.29 is 14.9 Å². The largest absolute Gasteiger partial charge is 0.508 e. The summed E-state index contributed by atoms with van der Waals surface area (Å²) >= 11 is 0. The second-order valence-corrected chi connectivity index (χ2v) is 9.52. The Morgan fingerprint density at radius 1 is 0.784 bits per heavy atom. The molecule has 176 valence electrons. The topological polar surface area (TPSA) is 49.7 Å². The number of rotatable bonds is 1. The molecule has 37 heavy (non-hydrogen) atoms. The van der Waals surface area contributed by atoms with Crippen molar-refractivity contribution >= 4 is 27.1 Å². The Hall–Kier alpha value is -4.94. The molecule has 1 spiro atoms. The first-order chi connectivity index (χ1) is 18.1. The molecule has 0 saturated carbocycles. The van der Waals surface area contributed by atoms with Crippen molar-refractivity contribution in [1.82, 2.24) is 0 Å². The third-order valence-electron chi connectivity index (χ3n) is 7.65. The smallest absolute Gasteiger partial charge is 0.132 e. The van der Waals surface area contributed by atoms with Gasteiger partial charge < -0.3 is 14.9 Å². The van der Waals surface area contributed by atoms with E-state index in [9.17, 15) is 10.2 Å². The van der Waals surface area contributed by atoms with Gasteiger partial charge in [-0.2, -0.15) is 0 Å². The van der Waals surface area contributed by atoms with E-state index in [0.717, 1.165) is 66.4 Å². The number of ether oxygens (including phenoxy) is 1. The number of aromatic hydroxyl groups is 2. The number of benzene rings is 5. The second-order valence-electron chi connectivity index (χ2n) is 9.52. The van der Waals surface area contributed by atoms with Crippen molar-refractivity contribution in [3.63, 3.8) is 0 Å². The molecule has 0 saturated heterocycles. The molecule has 3 heteroatoms. The minimum absolute atomic E-state index is 0.208. The van der Waals surface area contributed by atoms with Gasteiger partial charge in [-0.25, -0.2) is 0 Å². The summed E-state index contributed by atoms with van der Waals surface area (Å²) in [6.45, 7) is 2.00. The molecule has 0 atom stereocenters. The van der Waals surface area contributed by atoms with Crippen LogP contribution < -0.4 is 4.74 Å². The van der Waals surface area contributed by atoms with Gasteiger partial charge in [0.1, 0.15) is 23.0 Å². The molecular formula is C34H22O3. The zero-order valence-corrected chi connectivity index (χ0v) is 20.1. The SMILES string of the molecule is C#CC1=C(/C=C\C)C2(c3ccccc31)c1c(ccc3cc(O)ccc13)Oc1ccc3cc(O)ccc3c12. The van der Waals surface area contributed by atoms with E-state index >= 15 is 0 Å². The molecule has 5 aromatic rings. The second kappa shape index (κ2) is 7.53. The highest BCUT2D eigenvalue weighted by Crippen LogP contribution is 2.64. The highest BCUT2D eigenvalue weighted by molar-refractivity contribution is 6.04. The van der Waals surface area contributed by atoms with Crippen LogP contribution in [-0.4, -0.2) is 10.2 Å². The fraction of sp³-hybridized carbons (Fsp3) is 0.0588. The van der Waals surface area contributed by atoms with Crippen LogP contribution >= 0.6 is 0 Å². The molecule has 0 bridgehead atoms. The van der Waals surface area contributed by atoms with Gasteiger partial charge in [-0.05, 0) is 81.6 Å². The van der Waals surface area contributed by atoms with Gasteiger partial charge in [0, 0.05) is 16.7 Å². The number of hydrogen-bond donors (Lipinski definition) is 2. The van der Waals surface area contributed by atoms with E-state index in [-0.39, 0.29) is 11.5 Å². The van der Waals surface area contributed by atoms with Gasteiger partial charge >= 0.3 is 0 Å². The Morgan fingerprint density at radius 2 is 1.38 bits per heavy atom. The molecule has 3 nitrogen and oxygen atoms in total. The van der Waals surface area contributed by atoms with Crippen LogP contribution in [0.3, 0.4) is 0 Å². The van der Waals surface area contributed by atoms with Gasteiger partial charge in [-0.15, -0.1) is 6.42 Å². The molecule has 0 radical (unpaired) electrons.